The van der Waals surface area contributed by atoms with Crippen LogP contribution in [-0.2, 0) is 0 Å². The van der Waals surface area contributed by atoms with Crippen LogP contribution in [0.4, 0.5) is 22.0 Å². The molecule has 0 radical (unpaired) electrons. The second kappa shape index (κ2) is 6.45. The summed E-state index contributed by atoms with van der Waals surface area (Å²) in [5, 5.41) is 9.24. The fourth-order valence-electron chi connectivity index (χ4n) is 2.00. The molecule has 23 heavy (non-hydrogen) atoms. The normalized spacial score (nSPS) is 13.2. The highest BCUT2D eigenvalue weighted by Crippen LogP contribution is 2.27. The van der Waals surface area contributed by atoms with Crippen LogP contribution in [0.3, 0.4) is 0 Å². The molecular formula is C16H11F5O2. The van der Waals surface area contributed by atoms with Crippen LogP contribution in [0.25, 0.3) is 11.1 Å². The maximum atomic E-state index is 12.4. The Bertz CT molecular complexity index is 675. The van der Waals surface area contributed by atoms with Crippen molar-refractivity contribution in [2.75, 3.05) is 0 Å². The molecule has 0 aliphatic carbocycles. The summed E-state index contributed by atoms with van der Waals surface area (Å²) < 4.78 is 61.7. The molecule has 0 saturated heterocycles. The van der Waals surface area contributed by atoms with Crippen molar-refractivity contribution in [3.05, 3.63) is 59.7 Å². The first-order valence-electron chi connectivity index (χ1n) is 6.48. The van der Waals surface area contributed by atoms with Gasteiger partial charge < -0.3 is 5.11 Å². The van der Waals surface area contributed by atoms with Crippen molar-refractivity contribution in [3.63, 3.8) is 0 Å². The van der Waals surface area contributed by atoms with Gasteiger partial charge in [0, 0.05) is 5.56 Å². The molecule has 0 spiro atoms. The summed E-state index contributed by atoms with van der Waals surface area (Å²) in [6.45, 7) is 0. The molecule has 0 fully saturated rings. The Hall–Kier alpha value is -2.28. The molecular weight excluding hydrogens is 319 g/mol. The number of aliphatic hydroxyl groups excluding tert-OH is 1. The number of carbonyl (C=O) groups excluding carboxylic acids is 1. The topological polar surface area (TPSA) is 37.3 Å². The second-order valence-corrected chi connectivity index (χ2v) is 4.81. The van der Waals surface area contributed by atoms with Crippen molar-refractivity contribution in [3.8, 4) is 11.1 Å². The number of alkyl halides is 5. The van der Waals surface area contributed by atoms with Crippen molar-refractivity contribution in [2.24, 2.45) is 0 Å². The average Bonchev–Trinajstić information content (AvgIpc) is 2.53. The smallest absolute Gasteiger partial charge is 0.382 e. The minimum Gasteiger partial charge on any atom is -0.382 e. The summed E-state index contributed by atoms with van der Waals surface area (Å²) in [6, 6.07) is 10.3. The zero-order valence-electron chi connectivity index (χ0n) is 11.5. The number of rotatable bonds is 4. The molecule has 0 aliphatic heterocycles. The van der Waals surface area contributed by atoms with E-state index in [1.54, 1.807) is 0 Å². The lowest BCUT2D eigenvalue weighted by atomic mass is 10.00. The van der Waals surface area contributed by atoms with Crippen molar-refractivity contribution in [1.82, 2.24) is 0 Å². The summed E-state index contributed by atoms with van der Waals surface area (Å²) in [6.07, 6.45) is -9.74. The highest BCUT2D eigenvalue weighted by Gasteiger charge is 2.39. The van der Waals surface area contributed by atoms with E-state index in [-0.39, 0.29) is 5.56 Å². The Labute approximate surface area is 128 Å². The number of aliphatic hydroxyl groups is 1. The molecule has 1 N–H and O–H groups in total. The van der Waals surface area contributed by atoms with E-state index in [0.29, 0.717) is 11.1 Å². The molecule has 0 aromatic heterocycles. The number of benzene rings is 2. The predicted molar refractivity (Wildman–Crippen MR) is 73.2 cm³/mol. The van der Waals surface area contributed by atoms with Gasteiger partial charge in [-0.05, 0) is 16.7 Å². The zero-order valence-corrected chi connectivity index (χ0v) is 11.5. The molecule has 2 rings (SSSR count). The van der Waals surface area contributed by atoms with E-state index < -0.39 is 30.1 Å². The summed E-state index contributed by atoms with van der Waals surface area (Å²) in [5.41, 5.74) is 0.627. The summed E-state index contributed by atoms with van der Waals surface area (Å²) >= 11 is 0. The standard InChI is InChI=1S/C16H11F5O2/c17-15(18)13(22)11-5-1-9(2-6-11)10-3-7-12(8-4-10)14(23)16(19,20)21/h1-8,13,15,22H/t13-/m1/s1. The first-order valence-corrected chi connectivity index (χ1v) is 6.48. The van der Waals surface area contributed by atoms with Gasteiger partial charge in [0.15, 0.2) is 0 Å². The number of hydrogen-bond donors (Lipinski definition) is 1. The number of hydrogen-bond acceptors (Lipinski definition) is 2. The first kappa shape index (κ1) is 17.1. The van der Waals surface area contributed by atoms with E-state index in [1.165, 1.54) is 36.4 Å². The SMILES string of the molecule is O=C(c1ccc(-c2ccc([C@@H](O)C(F)F)cc2)cc1)C(F)(F)F. The fourth-order valence-corrected chi connectivity index (χ4v) is 2.00. The van der Waals surface area contributed by atoms with Gasteiger partial charge in [0.2, 0.25) is 0 Å². The van der Waals surface area contributed by atoms with E-state index in [4.69, 9.17) is 0 Å². The van der Waals surface area contributed by atoms with Gasteiger partial charge in [0.25, 0.3) is 12.2 Å². The average molecular weight is 330 g/mol. The number of Topliss-reactive ketones (excluding diaryl/α,β-unsaturated/α-hetero) is 1. The minimum atomic E-state index is -4.94. The molecule has 0 heterocycles. The second-order valence-electron chi connectivity index (χ2n) is 4.81. The van der Waals surface area contributed by atoms with Crippen LogP contribution in [0.15, 0.2) is 48.5 Å². The minimum absolute atomic E-state index is 0.0348. The van der Waals surface area contributed by atoms with Gasteiger partial charge in [0.05, 0.1) is 0 Å². The molecule has 0 amide bonds. The van der Waals surface area contributed by atoms with Gasteiger partial charge in [0.1, 0.15) is 6.10 Å². The van der Waals surface area contributed by atoms with Crippen LogP contribution in [-0.4, -0.2) is 23.5 Å². The molecule has 1 atom stereocenters. The van der Waals surface area contributed by atoms with Gasteiger partial charge in [-0.15, -0.1) is 0 Å². The maximum absolute atomic E-state index is 12.4. The Morgan fingerprint density at radius 2 is 1.30 bits per heavy atom. The van der Waals surface area contributed by atoms with E-state index >= 15 is 0 Å². The van der Waals surface area contributed by atoms with Gasteiger partial charge in [-0.3, -0.25) is 4.79 Å². The van der Waals surface area contributed by atoms with Crippen molar-refractivity contribution < 1.29 is 31.9 Å². The fraction of sp³-hybridized carbons (Fsp3) is 0.188. The number of halogens is 5. The van der Waals surface area contributed by atoms with Crippen LogP contribution in [0, 0.1) is 0 Å². The van der Waals surface area contributed by atoms with Crippen molar-refractivity contribution >= 4 is 5.78 Å². The monoisotopic (exact) mass is 330 g/mol. The van der Waals surface area contributed by atoms with Crippen molar-refractivity contribution in [1.29, 1.82) is 0 Å². The van der Waals surface area contributed by atoms with Crippen LogP contribution < -0.4 is 0 Å². The summed E-state index contributed by atoms with van der Waals surface area (Å²) in [5.74, 6) is -1.93. The lowest BCUT2D eigenvalue weighted by Crippen LogP contribution is -2.22. The maximum Gasteiger partial charge on any atom is 0.454 e. The van der Waals surface area contributed by atoms with Gasteiger partial charge in [-0.25, -0.2) is 8.78 Å². The molecule has 2 nitrogen and oxygen atoms in total. The summed E-state index contributed by atoms with van der Waals surface area (Å²) in [4.78, 5) is 11.1. The highest BCUT2D eigenvalue weighted by atomic mass is 19.4. The zero-order chi connectivity index (χ0) is 17.2. The third-order valence-electron chi connectivity index (χ3n) is 3.23. The molecule has 2 aromatic carbocycles. The Balaban J connectivity index is 2.22. The summed E-state index contributed by atoms with van der Waals surface area (Å²) in [7, 11) is 0. The lowest BCUT2D eigenvalue weighted by Gasteiger charge is -2.11. The molecule has 0 saturated carbocycles. The molecule has 0 unspecified atom stereocenters. The molecule has 0 aliphatic rings. The lowest BCUT2D eigenvalue weighted by molar-refractivity contribution is -0.0885. The van der Waals surface area contributed by atoms with E-state index in [9.17, 15) is 31.9 Å². The van der Waals surface area contributed by atoms with Crippen molar-refractivity contribution in [2.45, 2.75) is 18.7 Å². The van der Waals surface area contributed by atoms with Crippen LogP contribution in [0.2, 0.25) is 0 Å². The molecule has 0 bridgehead atoms. The number of carbonyl (C=O) groups is 1. The first-order chi connectivity index (χ1) is 10.7. The Kier molecular flexibility index (Phi) is 4.79. The Morgan fingerprint density at radius 3 is 1.70 bits per heavy atom. The Morgan fingerprint density at radius 1 is 0.870 bits per heavy atom. The van der Waals surface area contributed by atoms with Crippen LogP contribution >= 0.6 is 0 Å². The number of ketones is 1. The third-order valence-corrected chi connectivity index (χ3v) is 3.23. The van der Waals surface area contributed by atoms with Crippen LogP contribution in [0.5, 0.6) is 0 Å². The van der Waals surface area contributed by atoms with E-state index in [0.717, 1.165) is 12.1 Å². The molecule has 2 aromatic rings. The van der Waals surface area contributed by atoms with E-state index in [1.807, 2.05) is 0 Å². The predicted octanol–water partition coefficient (Wildman–Crippen LogP) is 4.40. The van der Waals surface area contributed by atoms with Crippen LogP contribution in [0.1, 0.15) is 22.0 Å². The van der Waals surface area contributed by atoms with Gasteiger partial charge in [-0.1, -0.05) is 48.5 Å². The quantitative estimate of drug-likeness (QED) is 0.666. The van der Waals surface area contributed by atoms with Gasteiger partial charge in [-0.2, -0.15) is 13.2 Å². The molecule has 7 heteroatoms. The van der Waals surface area contributed by atoms with Gasteiger partial charge >= 0.3 is 6.18 Å². The third kappa shape index (κ3) is 3.92. The largest absolute Gasteiger partial charge is 0.454 e. The highest BCUT2D eigenvalue weighted by molar-refractivity contribution is 6.00. The molecule has 122 valence electrons. The van der Waals surface area contributed by atoms with E-state index in [2.05, 4.69) is 0 Å².